The molecule has 0 N–H and O–H groups in total. The van der Waals surface area contributed by atoms with Gasteiger partial charge >= 0.3 is 0 Å². The molecule has 0 spiro atoms. The quantitative estimate of drug-likeness (QED) is 0.292. The van der Waals surface area contributed by atoms with Crippen molar-refractivity contribution in [1.29, 1.82) is 0 Å². The molecule has 33 heavy (non-hydrogen) atoms. The summed E-state index contributed by atoms with van der Waals surface area (Å²) in [6.07, 6.45) is 6.04. The van der Waals surface area contributed by atoms with Gasteiger partial charge in [-0.25, -0.2) is 0 Å². The molecule has 1 atom stereocenters. The third-order valence-electron chi connectivity index (χ3n) is 7.31. The molecule has 6 rings (SSSR count). The average Bonchev–Trinajstić information content (AvgIpc) is 3.24. The van der Waals surface area contributed by atoms with Crippen molar-refractivity contribution in [2.24, 2.45) is 11.8 Å². The number of Topliss-reactive ketones (excluding diaryl/α,β-unsaturated/α-hetero) is 2. The Bertz CT molecular complexity index is 1160. The van der Waals surface area contributed by atoms with Gasteiger partial charge in [0.1, 0.15) is 5.78 Å². The summed E-state index contributed by atoms with van der Waals surface area (Å²) >= 11 is 5.09. The maximum absolute atomic E-state index is 13.0. The van der Waals surface area contributed by atoms with Crippen LogP contribution in [0.3, 0.4) is 0 Å². The van der Waals surface area contributed by atoms with Gasteiger partial charge < -0.3 is 4.90 Å². The first kappa shape index (κ1) is 22.9. The molecule has 3 aliphatic heterocycles. The van der Waals surface area contributed by atoms with E-state index in [1.165, 1.54) is 31.5 Å². The van der Waals surface area contributed by atoms with E-state index in [4.69, 9.17) is 0 Å². The highest BCUT2D eigenvalue weighted by atomic mass is 79.9. The fourth-order valence-corrected chi connectivity index (χ4v) is 7.00. The number of aryl methyl sites for hydroxylation is 1. The van der Waals surface area contributed by atoms with Crippen molar-refractivity contribution in [3.63, 3.8) is 0 Å². The second kappa shape index (κ2) is 10.2. The van der Waals surface area contributed by atoms with Gasteiger partial charge in [-0.3, -0.25) is 9.59 Å². The summed E-state index contributed by atoms with van der Waals surface area (Å²) in [4.78, 5) is 28.9. The standard InChI is InChI=1S/C28H30BrNO2S/c29-24-5-1-3-19(13-24)4-2-6-25(31)14-20-7-8-22-17-28(33-27(22)15-20)26(32)16-23-18-30-11-9-21(23)10-12-30/h1,3,5,7-8,13,15,17,21,23H,2,4,6,9-12,14,16,18H2/t23-/m0/s1. The van der Waals surface area contributed by atoms with Crippen LogP contribution in [0.15, 0.2) is 53.0 Å². The predicted octanol–water partition coefficient (Wildman–Crippen LogP) is 6.71. The predicted molar refractivity (Wildman–Crippen MR) is 139 cm³/mol. The summed E-state index contributed by atoms with van der Waals surface area (Å²) in [6.45, 7) is 3.52. The number of rotatable bonds is 9. The van der Waals surface area contributed by atoms with Crippen LogP contribution in [0.4, 0.5) is 0 Å². The molecule has 0 aliphatic carbocycles. The lowest BCUT2D eigenvalue weighted by atomic mass is 9.76. The average molecular weight is 525 g/mol. The molecular formula is C28H30BrNO2S. The molecule has 0 amide bonds. The first-order valence-electron chi connectivity index (χ1n) is 12.1. The van der Waals surface area contributed by atoms with E-state index in [9.17, 15) is 9.59 Å². The molecule has 0 radical (unpaired) electrons. The molecule has 2 aromatic carbocycles. The number of carbonyl (C=O) groups is 2. The molecule has 4 heterocycles. The van der Waals surface area contributed by atoms with Crippen molar-refractivity contribution < 1.29 is 9.59 Å². The highest BCUT2D eigenvalue weighted by Crippen LogP contribution is 2.36. The van der Waals surface area contributed by atoms with Crippen molar-refractivity contribution in [3.8, 4) is 0 Å². The molecule has 3 fully saturated rings. The number of piperidine rings is 3. The number of halogens is 1. The monoisotopic (exact) mass is 523 g/mol. The van der Waals surface area contributed by atoms with Crippen molar-refractivity contribution >= 4 is 48.9 Å². The topological polar surface area (TPSA) is 37.4 Å². The Kier molecular flexibility index (Phi) is 7.10. The number of carbonyl (C=O) groups excluding carboxylic acids is 2. The van der Waals surface area contributed by atoms with Gasteiger partial charge in [-0.15, -0.1) is 11.3 Å². The van der Waals surface area contributed by atoms with Crippen LogP contribution in [0.1, 0.15) is 52.9 Å². The highest BCUT2D eigenvalue weighted by molar-refractivity contribution is 9.10. The Morgan fingerprint density at radius 3 is 2.64 bits per heavy atom. The zero-order chi connectivity index (χ0) is 22.8. The van der Waals surface area contributed by atoms with Crippen LogP contribution in [-0.2, 0) is 17.6 Å². The van der Waals surface area contributed by atoms with Crippen LogP contribution < -0.4 is 0 Å². The summed E-state index contributed by atoms with van der Waals surface area (Å²) in [5.74, 6) is 1.82. The lowest BCUT2D eigenvalue weighted by molar-refractivity contribution is -0.118. The smallest absolute Gasteiger partial charge is 0.173 e. The summed E-state index contributed by atoms with van der Waals surface area (Å²) in [7, 11) is 0. The van der Waals surface area contributed by atoms with Gasteiger partial charge in [-0.2, -0.15) is 0 Å². The minimum atomic E-state index is 0.277. The van der Waals surface area contributed by atoms with E-state index in [-0.39, 0.29) is 5.78 Å². The molecule has 3 nitrogen and oxygen atoms in total. The number of thiophene rings is 1. The van der Waals surface area contributed by atoms with Gasteiger partial charge in [0, 0.05) is 35.0 Å². The molecule has 3 aromatic rings. The molecule has 1 aromatic heterocycles. The first-order chi connectivity index (χ1) is 16.0. The highest BCUT2D eigenvalue weighted by Gasteiger charge is 2.35. The normalized spacial score (nSPS) is 22.0. The molecule has 172 valence electrons. The van der Waals surface area contributed by atoms with Gasteiger partial charge in [0.05, 0.1) is 4.88 Å². The lowest BCUT2D eigenvalue weighted by Crippen LogP contribution is -2.47. The Morgan fingerprint density at radius 2 is 1.88 bits per heavy atom. The fraction of sp³-hybridized carbons (Fsp3) is 0.429. The number of hydrogen-bond donors (Lipinski definition) is 0. The van der Waals surface area contributed by atoms with Crippen LogP contribution >= 0.6 is 27.3 Å². The van der Waals surface area contributed by atoms with Gasteiger partial charge in [0.2, 0.25) is 0 Å². The Labute approximate surface area is 208 Å². The number of fused-ring (bicyclic) bond motifs is 4. The van der Waals surface area contributed by atoms with Crippen molar-refractivity contribution in [2.45, 2.75) is 44.9 Å². The van der Waals surface area contributed by atoms with Crippen molar-refractivity contribution in [2.75, 3.05) is 19.6 Å². The van der Waals surface area contributed by atoms with E-state index in [0.717, 1.165) is 50.3 Å². The fourth-order valence-electron chi connectivity index (χ4n) is 5.48. The van der Waals surface area contributed by atoms with E-state index in [0.29, 0.717) is 31.0 Å². The van der Waals surface area contributed by atoms with Gasteiger partial charge in [0.15, 0.2) is 5.78 Å². The number of hydrogen-bond acceptors (Lipinski definition) is 4. The molecular weight excluding hydrogens is 494 g/mol. The summed E-state index contributed by atoms with van der Waals surface area (Å²) in [5.41, 5.74) is 2.31. The Hall–Kier alpha value is -1.82. The lowest BCUT2D eigenvalue weighted by Gasteiger charge is -2.44. The van der Waals surface area contributed by atoms with E-state index in [2.05, 4.69) is 45.1 Å². The first-order valence-corrected chi connectivity index (χ1v) is 13.7. The van der Waals surface area contributed by atoms with Gasteiger partial charge in [-0.05, 0) is 91.4 Å². The summed E-state index contributed by atoms with van der Waals surface area (Å²) < 4.78 is 2.20. The number of ketones is 2. The van der Waals surface area contributed by atoms with Crippen molar-refractivity contribution in [1.82, 2.24) is 4.90 Å². The van der Waals surface area contributed by atoms with Gasteiger partial charge in [0.25, 0.3) is 0 Å². The molecule has 0 unspecified atom stereocenters. The molecule has 2 bridgehead atoms. The van der Waals surface area contributed by atoms with Crippen LogP contribution in [0, 0.1) is 11.8 Å². The second-order valence-electron chi connectivity index (χ2n) is 9.71. The van der Waals surface area contributed by atoms with E-state index >= 15 is 0 Å². The summed E-state index contributed by atoms with van der Waals surface area (Å²) in [5, 5.41) is 1.11. The van der Waals surface area contributed by atoms with Crippen LogP contribution in [0.25, 0.3) is 10.1 Å². The van der Waals surface area contributed by atoms with Crippen LogP contribution in [-0.4, -0.2) is 36.1 Å². The minimum Gasteiger partial charge on any atom is -0.303 e. The Morgan fingerprint density at radius 1 is 1.03 bits per heavy atom. The van der Waals surface area contributed by atoms with Crippen LogP contribution in [0.2, 0.25) is 0 Å². The zero-order valence-corrected chi connectivity index (χ0v) is 21.3. The third kappa shape index (κ3) is 5.64. The minimum absolute atomic E-state index is 0.277. The summed E-state index contributed by atoms with van der Waals surface area (Å²) in [6, 6.07) is 16.5. The second-order valence-corrected chi connectivity index (χ2v) is 11.7. The van der Waals surface area contributed by atoms with E-state index in [1.807, 2.05) is 24.3 Å². The number of nitrogens with zero attached hydrogens (tertiary/aromatic N) is 1. The maximum Gasteiger partial charge on any atom is 0.173 e. The molecule has 0 saturated carbocycles. The molecule has 3 aliphatic rings. The molecule has 5 heteroatoms. The maximum atomic E-state index is 13.0. The SMILES string of the molecule is O=C(CCCc1cccc(Br)c1)Cc1ccc2cc(C(=O)C[C@H]3CN4CCC3CC4)sc2c1. The van der Waals surface area contributed by atoms with Crippen LogP contribution in [0.5, 0.6) is 0 Å². The van der Waals surface area contributed by atoms with E-state index in [1.54, 1.807) is 11.3 Å². The third-order valence-corrected chi connectivity index (χ3v) is 8.94. The van der Waals surface area contributed by atoms with Crippen molar-refractivity contribution in [3.05, 3.63) is 69.0 Å². The Balaban J connectivity index is 1.16. The van der Waals surface area contributed by atoms with E-state index < -0.39 is 0 Å². The largest absolute Gasteiger partial charge is 0.303 e. The zero-order valence-electron chi connectivity index (χ0n) is 18.9. The van der Waals surface area contributed by atoms with Gasteiger partial charge in [-0.1, -0.05) is 40.2 Å². The molecule has 3 saturated heterocycles. The number of benzene rings is 2.